The second kappa shape index (κ2) is 10.1. The summed E-state index contributed by atoms with van der Waals surface area (Å²) >= 11 is 5.52. The lowest BCUT2D eigenvalue weighted by molar-refractivity contribution is 0.309. The van der Waals surface area contributed by atoms with Gasteiger partial charge in [-0.1, -0.05) is 32.6 Å². The van der Waals surface area contributed by atoms with E-state index in [1.165, 1.54) is 19.3 Å². The van der Waals surface area contributed by atoms with Crippen LogP contribution in [0.3, 0.4) is 0 Å². The van der Waals surface area contributed by atoms with Crippen molar-refractivity contribution < 1.29 is 13.2 Å². The van der Waals surface area contributed by atoms with E-state index in [1.807, 2.05) is 0 Å². The zero-order valence-electron chi connectivity index (χ0n) is 17.4. The zero-order valence-corrected chi connectivity index (χ0v) is 19.1. The predicted molar refractivity (Wildman–Crippen MR) is 121 cm³/mol. The first-order valence-corrected chi connectivity index (χ1v) is 12.5. The summed E-state index contributed by atoms with van der Waals surface area (Å²) in [5.74, 6) is 1.14. The Balaban J connectivity index is 1.76. The lowest BCUT2D eigenvalue weighted by Gasteiger charge is -2.30. The van der Waals surface area contributed by atoms with E-state index in [-0.39, 0.29) is 4.90 Å². The van der Waals surface area contributed by atoms with Gasteiger partial charge in [-0.05, 0) is 62.0 Å². The second-order valence-electron chi connectivity index (χ2n) is 8.15. The van der Waals surface area contributed by atoms with E-state index in [1.54, 1.807) is 29.6 Å². The molecule has 1 aromatic rings. The van der Waals surface area contributed by atoms with Gasteiger partial charge in [-0.25, -0.2) is 8.42 Å². The molecule has 2 fully saturated rings. The minimum absolute atomic E-state index is 0.275. The number of hydrogen-bond donors (Lipinski definition) is 2. The third-order valence-electron chi connectivity index (χ3n) is 6.05. The number of nitrogens with zero attached hydrogens (tertiary/aromatic N) is 1. The van der Waals surface area contributed by atoms with Crippen molar-refractivity contribution in [1.82, 2.24) is 9.62 Å². The van der Waals surface area contributed by atoms with Gasteiger partial charge in [-0.15, -0.1) is 0 Å². The molecule has 29 heavy (non-hydrogen) atoms. The van der Waals surface area contributed by atoms with Gasteiger partial charge in [-0.3, -0.25) is 0 Å². The maximum atomic E-state index is 13.1. The molecule has 0 bridgehead atoms. The maximum absolute atomic E-state index is 13.1. The Labute approximate surface area is 180 Å². The summed E-state index contributed by atoms with van der Waals surface area (Å²) in [6, 6.07) is 5.29. The van der Waals surface area contributed by atoms with E-state index in [2.05, 4.69) is 17.6 Å². The molecule has 0 amide bonds. The molecule has 0 radical (unpaired) electrons. The summed E-state index contributed by atoms with van der Waals surface area (Å²) in [5.41, 5.74) is 0.573. The summed E-state index contributed by atoms with van der Waals surface area (Å²) in [7, 11) is -1.96. The SMILES string of the molecule is COc1ccc(S(=O)(=O)N2CCCCCC2)cc1NC(=S)N[C@H]1CCCC[C@@H]1C. The monoisotopic (exact) mass is 439 g/mol. The molecule has 2 N–H and O–H groups in total. The van der Waals surface area contributed by atoms with E-state index in [0.717, 1.165) is 32.1 Å². The number of ether oxygens (including phenoxy) is 1. The van der Waals surface area contributed by atoms with E-state index in [0.29, 0.717) is 41.6 Å². The van der Waals surface area contributed by atoms with Crippen molar-refractivity contribution in [3.8, 4) is 5.75 Å². The quantitative estimate of drug-likeness (QED) is 0.673. The molecule has 1 heterocycles. The minimum atomic E-state index is -3.53. The number of thiocarbonyl (C=S) groups is 1. The molecular weight excluding hydrogens is 406 g/mol. The van der Waals surface area contributed by atoms with Crippen LogP contribution >= 0.6 is 12.2 Å². The zero-order chi connectivity index (χ0) is 20.9. The lowest BCUT2D eigenvalue weighted by Crippen LogP contribution is -2.43. The van der Waals surface area contributed by atoms with E-state index in [9.17, 15) is 8.42 Å². The third-order valence-corrected chi connectivity index (χ3v) is 8.16. The summed E-state index contributed by atoms with van der Waals surface area (Å²) in [6.07, 6.45) is 8.77. The Morgan fingerprint density at radius 1 is 1.10 bits per heavy atom. The van der Waals surface area contributed by atoms with Crippen molar-refractivity contribution in [3.05, 3.63) is 18.2 Å². The highest BCUT2D eigenvalue weighted by molar-refractivity contribution is 7.89. The molecule has 0 spiro atoms. The first kappa shape index (κ1) is 22.3. The van der Waals surface area contributed by atoms with Gasteiger partial charge in [0.25, 0.3) is 0 Å². The molecule has 0 aromatic heterocycles. The lowest BCUT2D eigenvalue weighted by atomic mass is 9.86. The van der Waals surface area contributed by atoms with Crippen LogP contribution in [0.1, 0.15) is 58.3 Å². The van der Waals surface area contributed by atoms with Gasteiger partial charge in [0.2, 0.25) is 10.0 Å². The molecule has 3 rings (SSSR count). The summed E-state index contributed by atoms with van der Waals surface area (Å²) in [4.78, 5) is 0.275. The van der Waals surface area contributed by atoms with Crippen LogP contribution in [0, 0.1) is 5.92 Å². The van der Waals surface area contributed by atoms with Crippen LogP contribution < -0.4 is 15.4 Å². The molecule has 0 unspecified atom stereocenters. The van der Waals surface area contributed by atoms with Gasteiger partial charge in [0, 0.05) is 19.1 Å². The standard InChI is InChI=1S/C21H33N3O3S2/c1-16-9-5-6-10-18(16)22-21(28)23-19-15-17(11-12-20(19)27-2)29(25,26)24-13-7-3-4-8-14-24/h11-12,15-16,18H,3-10,13-14H2,1-2H3,(H2,22,23,28)/t16-,18-/m0/s1. The first-order valence-electron chi connectivity index (χ1n) is 10.7. The van der Waals surface area contributed by atoms with Gasteiger partial charge in [0.05, 0.1) is 17.7 Å². The highest BCUT2D eigenvalue weighted by Crippen LogP contribution is 2.30. The molecule has 1 aliphatic carbocycles. The Hall–Kier alpha value is -1.38. The maximum Gasteiger partial charge on any atom is 0.243 e. The predicted octanol–water partition coefficient (Wildman–Crippen LogP) is 4.13. The largest absolute Gasteiger partial charge is 0.495 e. The van der Waals surface area contributed by atoms with Crippen LogP contribution in [-0.4, -0.2) is 44.1 Å². The topological polar surface area (TPSA) is 70.7 Å². The van der Waals surface area contributed by atoms with E-state index >= 15 is 0 Å². The smallest absolute Gasteiger partial charge is 0.243 e. The van der Waals surface area contributed by atoms with Crippen molar-refractivity contribution in [1.29, 1.82) is 0 Å². The number of hydrogen-bond acceptors (Lipinski definition) is 4. The van der Waals surface area contributed by atoms with E-state index < -0.39 is 10.0 Å². The van der Waals surface area contributed by atoms with Gasteiger partial charge in [-0.2, -0.15) is 4.31 Å². The van der Waals surface area contributed by atoms with Crippen LogP contribution in [0.4, 0.5) is 5.69 Å². The molecule has 1 aliphatic heterocycles. The summed E-state index contributed by atoms with van der Waals surface area (Å²) < 4.78 is 33.3. The Morgan fingerprint density at radius 3 is 2.45 bits per heavy atom. The first-order chi connectivity index (χ1) is 13.9. The fourth-order valence-electron chi connectivity index (χ4n) is 4.23. The van der Waals surface area contributed by atoms with Crippen LogP contribution in [0.15, 0.2) is 23.1 Å². The fourth-order valence-corrected chi connectivity index (χ4v) is 6.04. The van der Waals surface area contributed by atoms with Crippen molar-refractivity contribution in [3.63, 3.8) is 0 Å². The average molecular weight is 440 g/mol. The molecule has 1 saturated heterocycles. The summed E-state index contributed by atoms with van der Waals surface area (Å²) in [6.45, 7) is 3.40. The Kier molecular flexibility index (Phi) is 7.76. The number of benzene rings is 1. The van der Waals surface area contributed by atoms with Crippen LogP contribution in [0.5, 0.6) is 5.75 Å². The Bertz CT molecular complexity index is 805. The van der Waals surface area contributed by atoms with Gasteiger partial charge in [0.1, 0.15) is 5.75 Å². The van der Waals surface area contributed by atoms with E-state index in [4.69, 9.17) is 17.0 Å². The third kappa shape index (κ3) is 5.61. The fraction of sp³-hybridized carbons (Fsp3) is 0.667. The molecule has 1 saturated carbocycles. The Morgan fingerprint density at radius 2 is 1.79 bits per heavy atom. The van der Waals surface area contributed by atoms with Gasteiger partial charge < -0.3 is 15.4 Å². The normalized spacial score (nSPS) is 23.8. The van der Waals surface area contributed by atoms with Crippen molar-refractivity contribution in [2.45, 2.75) is 69.2 Å². The molecular formula is C21H33N3O3S2. The minimum Gasteiger partial charge on any atom is -0.495 e. The molecule has 6 nitrogen and oxygen atoms in total. The number of methoxy groups -OCH3 is 1. The molecule has 162 valence electrons. The second-order valence-corrected chi connectivity index (χ2v) is 10.5. The van der Waals surface area contributed by atoms with Crippen LogP contribution in [0.2, 0.25) is 0 Å². The molecule has 2 atom stereocenters. The van der Waals surface area contributed by atoms with Crippen molar-refractivity contribution in [2.75, 3.05) is 25.5 Å². The molecule has 8 heteroatoms. The number of nitrogens with one attached hydrogen (secondary N) is 2. The number of rotatable bonds is 5. The van der Waals surface area contributed by atoms with Gasteiger partial charge >= 0.3 is 0 Å². The number of anilines is 1. The number of sulfonamides is 1. The molecule has 2 aliphatic rings. The van der Waals surface area contributed by atoms with Gasteiger partial charge in [0.15, 0.2) is 5.11 Å². The molecule has 1 aromatic carbocycles. The van der Waals surface area contributed by atoms with Crippen molar-refractivity contribution >= 4 is 33.0 Å². The highest BCUT2D eigenvalue weighted by atomic mass is 32.2. The van der Waals surface area contributed by atoms with Crippen molar-refractivity contribution in [2.24, 2.45) is 5.92 Å². The highest BCUT2D eigenvalue weighted by Gasteiger charge is 2.26. The van der Waals surface area contributed by atoms with Crippen LogP contribution in [0.25, 0.3) is 0 Å². The summed E-state index contributed by atoms with van der Waals surface area (Å²) in [5, 5.41) is 7.08. The average Bonchev–Trinajstić information content (AvgIpc) is 3.00. The van der Waals surface area contributed by atoms with Crippen LogP contribution in [-0.2, 0) is 10.0 Å².